The molecule has 0 amide bonds. The molecule has 44 heavy (non-hydrogen) atoms. The monoisotopic (exact) mass is 584 g/mol. The SMILES string of the molecule is C=C1C=CC(CC(C)(C)C)C(=C)C1CC1=Cc2cccc(-c3cc(C)cc(C)c3CC3CC(C4[C@@H]5CCC[C@H]4CC5)C3)c2C1. The Morgan fingerprint density at radius 2 is 1.61 bits per heavy atom. The molecule has 0 heteroatoms. The molecule has 0 spiro atoms. The van der Waals surface area contributed by atoms with Crippen molar-refractivity contribution in [3.8, 4) is 11.1 Å². The van der Waals surface area contributed by atoms with Gasteiger partial charge in [0.25, 0.3) is 0 Å². The first kappa shape index (κ1) is 30.1. The van der Waals surface area contributed by atoms with Crippen molar-refractivity contribution in [3.05, 3.63) is 100 Å². The van der Waals surface area contributed by atoms with Gasteiger partial charge in [-0.3, -0.25) is 0 Å². The normalized spacial score (nSPS) is 31.2. The molecule has 0 N–H and O–H groups in total. The molecular formula is C44H56. The molecule has 3 saturated carbocycles. The molecule has 0 nitrogen and oxygen atoms in total. The van der Waals surface area contributed by atoms with Crippen molar-refractivity contribution in [2.24, 2.45) is 46.8 Å². The number of allylic oxidation sites excluding steroid dienone is 5. The van der Waals surface area contributed by atoms with Crippen LogP contribution >= 0.6 is 0 Å². The maximum Gasteiger partial charge on any atom is 0.00827 e. The Morgan fingerprint density at radius 3 is 2.34 bits per heavy atom. The number of rotatable bonds is 7. The third-order valence-corrected chi connectivity index (χ3v) is 12.6. The first-order valence-electron chi connectivity index (χ1n) is 18.0. The Bertz CT molecular complexity index is 1500. The Morgan fingerprint density at radius 1 is 0.864 bits per heavy atom. The number of aryl methyl sites for hydroxylation is 2. The molecule has 232 valence electrons. The van der Waals surface area contributed by atoms with E-state index in [1.807, 2.05) is 0 Å². The molecule has 7 rings (SSSR count). The van der Waals surface area contributed by atoms with Crippen LogP contribution in [0.3, 0.4) is 0 Å². The third-order valence-electron chi connectivity index (χ3n) is 12.6. The van der Waals surface area contributed by atoms with Crippen molar-refractivity contribution in [1.29, 1.82) is 0 Å². The van der Waals surface area contributed by atoms with Crippen LogP contribution in [0.15, 0.2) is 72.4 Å². The van der Waals surface area contributed by atoms with Gasteiger partial charge in [-0.15, -0.1) is 0 Å². The van der Waals surface area contributed by atoms with E-state index in [2.05, 4.69) is 96.3 Å². The molecule has 3 unspecified atom stereocenters. The second kappa shape index (κ2) is 11.6. The first-order chi connectivity index (χ1) is 21.0. The van der Waals surface area contributed by atoms with E-state index >= 15 is 0 Å². The summed E-state index contributed by atoms with van der Waals surface area (Å²) in [6, 6.07) is 12.0. The molecule has 2 aromatic rings. The molecule has 5 aliphatic carbocycles. The van der Waals surface area contributed by atoms with E-state index in [-0.39, 0.29) is 0 Å². The van der Waals surface area contributed by atoms with E-state index in [0.717, 1.165) is 48.9 Å². The zero-order chi connectivity index (χ0) is 30.7. The quantitative estimate of drug-likeness (QED) is 0.284. The smallest absolute Gasteiger partial charge is 0.00827 e. The van der Waals surface area contributed by atoms with Gasteiger partial charge in [0.1, 0.15) is 0 Å². The first-order valence-corrected chi connectivity index (χ1v) is 18.0. The summed E-state index contributed by atoms with van der Waals surface area (Å²) in [5.74, 6) is 5.87. The molecule has 0 heterocycles. The fraction of sp³-hybridized carbons (Fsp3) is 0.545. The maximum atomic E-state index is 4.65. The number of hydrogen-bond donors (Lipinski definition) is 0. The van der Waals surface area contributed by atoms with Crippen molar-refractivity contribution in [3.63, 3.8) is 0 Å². The number of fused-ring (bicyclic) bond motifs is 3. The lowest BCUT2D eigenvalue weighted by Gasteiger charge is -2.46. The Balaban J connectivity index is 1.09. The van der Waals surface area contributed by atoms with Gasteiger partial charge in [-0.2, -0.15) is 0 Å². The van der Waals surface area contributed by atoms with E-state index in [1.54, 1.807) is 11.1 Å². The van der Waals surface area contributed by atoms with Crippen LogP contribution in [0.2, 0.25) is 0 Å². The second-order valence-electron chi connectivity index (χ2n) is 17.0. The van der Waals surface area contributed by atoms with Crippen molar-refractivity contribution in [2.75, 3.05) is 0 Å². The van der Waals surface area contributed by atoms with Crippen LogP contribution in [0.5, 0.6) is 0 Å². The van der Waals surface area contributed by atoms with Gasteiger partial charge in [0.15, 0.2) is 0 Å². The summed E-state index contributed by atoms with van der Waals surface area (Å²) in [6.45, 7) is 20.8. The van der Waals surface area contributed by atoms with Crippen molar-refractivity contribution in [2.45, 2.75) is 105 Å². The minimum atomic E-state index is 0.290. The van der Waals surface area contributed by atoms with E-state index in [0.29, 0.717) is 17.3 Å². The van der Waals surface area contributed by atoms with Crippen molar-refractivity contribution >= 4 is 6.08 Å². The third kappa shape index (κ3) is 5.76. The Kier molecular flexibility index (Phi) is 7.96. The minimum Gasteiger partial charge on any atom is -0.0986 e. The molecule has 3 fully saturated rings. The lowest BCUT2D eigenvalue weighted by Crippen LogP contribution is -2.37. The van der Waals surface area contributed by atoms with E-state index in [1.165, 1.54) is 95.9 Å². The van der Waals surface area contributed by atoms with Gasteiger partial charge in [0.05, 0.1) is 0 Å². The molecule has 0 saturated heterocycles. The Hall–Kier alpha value is -2.60. The average molecular weight is 585 g/mol. The highest BCUT2D eigenvalue weighted by atomic mass is 14.5. The fourth-order valence-electron chi connectivity index (χ4n) is 10.5. The average Bonchev–Trinajstić information content (AvgIpc) is 3.45. The zero-order valence-corrected chi connectivity index (χ0v) is 28.4. The van der Waals surface area contributed by atoms with Crippen LogP contribution in [-0.4, -0.2) is 0 Å². The molecule has 5 aliphatic rings. The Labute approximate surface area is 268 Å². The summed E-state index contributed by atoms with van der Waals surface area (Å²) in [5.41, 5.74) is 14.9. The summed E-state index contributed by atoms with van der Waals surface area (Å²) in [4.78, 5) is 0. The standard InChI is InChI=1S/C44H56/c1-27-18-29(3)40(24-31-21-37(22-31)43-33-10-8-11-34(43)17-16-33)42(19-27)38-13-9-12-35-20-32(25-41(35)38)23-39-28(2)14-15-36(30(39)4)26-44(5,6)7/h9,12-15,18-20,31,33-34,36-37,39,43H,2,4,8,10-11,16-17,21-26H2,1,3,5-7H3/t31?,33-,34+,36?,37?,39?,43?. The predicted octanol–water partition coefficient (Wildman–Crippen LogP) is 12.0. The highest BCUT2D eigenvalue weighted by Gasteiger charge is 2.47. The van der Waals surface area contributed by atoms with E-state index in [4.69, 9.17) is 0 Å². The van der Waals surface area contributed by atoms with Crippen LogP contribution in [0.25, 0.3) is 17.2 Å². The van der Waals surface area contributed by atoms with Gasteiger partial charge in [0, 0.05) is 5.92 Å². The molecule has 0 aliphatic heterocycles. The lowest BCUT2D eigenvalue weighted by atomic mass is 9.59. The summed E-state index contributed by atoms with van der Waals surface area (Å²) >= 11 is 0. The van der Waals surface area contributed by atoms with Crippen molar-refractivity contribution in [1.82, 2.24) is 0 Å². The summed E-state index contributed by atoms with van der Waals surface area (Å²) in [6.07, 6.45) is 22.2. The summed E-state index contributed by atoms with van der Waals surface area (Å²) in [5, 5.41) is 0. The largest absolute Gasteiger partial charge is 0.0986 e. The highest BCUT2D eigenvalue weighted by Crippen LogP contribution is 2.56. The van der Waals surface area contributed by atoms with Crippen LogP contribution in [-0.2, 0) is 12.8 Å². The van der Waals surface area contributed by atoms with Gasteiger partial charge in [-0.1, -0.05) is 118 Å². The molecule has 2 bridgehead atoms. The molecule has 0 aromatic heterocycles. The van der Waals surface area contributed by atoms with E-state index < -0.39 is 0 Å². The topological polar surface area (TPSA) is 0 Å². The van der Waals surface area contributed by atoms with Crippen LogP contribution in [0.4, 0.5) is 0 Å². The van der Waals surface area contributed by atoms with Gasteiger partial charge in [-0.25, -0.2) is 0 Å². The van der Waals surface area contributed by atoms with Gasteiger partial charge >= 0.3 is 0 Å². The number of hydrogen-bond acceptors (Lipinski definition) is 0. The van der Waals surface area contributed by atoms with Crippen LogP contribution in [0.1, 0.15) is 106 Å². The molecule has 5 atom stereocenters. The predicted molar refractivity (Wildman–Crippen MR) is 190 cm³/mol. The van der Waals surface area contributed by atoms with Crippen LogP contribution in [0, 0.1) is 60.7 Å². The van der Waals surface area contributed by atoms with Crippen LogP contribution < -0.4 is 0 Å². The maximum absolute atomic E-state index is 4.65. The molecule has 2 aromatic carbocycles. The lowest BCUT2D eigenvalue weighted by molar-refractivity contribution is 0.0500. The number of benzene rings is 2. The summed E-state index contributed by atoms with van der Waals surface area (Å²) in [7, 11) is 0. The second-order valence-corrected chi connectivity index (χ2v) is 17.0. The summed E-state index contributed by atoms with van der Waals surface area (Å²) < 4.78 is 0. The molecular weight excluding hydrogens is 528 g/mol. The van der Waals surface area contributed by atoms with Gasteiger partial charge in [0.2, 0.25) is 0 Å². The van der Waals surface area contributed by atoms with Gasteiger partial charge < -0.3 is 0 Å². The van der Waals surface area contributed by atoms with Crippen molar-refractivity contribution < 1.29 is 0 Å². The zero-order valence-electron chi connectivity index (χ0n) is 28.4. The fourth-order valence-corrected chi connectivity index (χ4v) is 10.5. The molecule has 0 radical (unpaired) electrons. The highest BCUT2D eigenvalue weighted by molar-refractivity contribution is 5.80. The van der Waals surface area contributed by atoms with Gasteiger partial charge in [-0.05, 0) is 145 Å². The minimum absolute atomic E-state index is 0.290. The van der Waals surface area contributed by atoms with E-state index in [9.17, 15) is 0 Å².